The Morgan fingerprint density at radius 1 is 1.52 bits per heavy atom. The van der Waals surface area contributed by atoms with E-state index in [-0.39, 0.29) is 29.5 Å². The van der Waals surface area contributed by atoms with Crippen molar-refractivity contribution in [3.05, 3.63) is 56.3 Å². The Morgan fingerprint density at radius 2 is 2.32 bits per heavy atom. The highest BCUT2D eigenvalue weighted by Gasteiger charge is 2.36. The van der Waals surface area contributed by atoms with Gasteiger partial charge < -0.3 is 10.4 Å². The number of aryl methyl sites for hydroxylation is 1. The molecule has 1 amide bonds. The molecule has 0 aromatic carbocycles. The normalized spacial score (nSPS) is 21.0. The minimum atomic E-state index is -0.283. The summed E-state index contributed by atoms with van der Waals surface area (Å²) in [6, 6.07) is 5.21. The fraction of sp³-hybridized carbons (Fsp3) is 0.353. The van der Waals surface area contributed by atoms with E-state index in [0.29, 0.717) is 29.7 Å². The number of H-pyrrole nitrogens is 1. The Bertz CT molecular complexity index is 970. The van der Waals surface area contributed by atoms with Crippen molar-refractivity contribution in [2.24, 2.45) is 5.92 Å². The number of carbonyl (C=O) groups excluding carboxylic acids is 1. The Hall–Kier alpha value is -2.45. The van der Waals surface area contributed by atoms with Gasteiger partial charge in [0.15, 0.2) is 5.65 Å². The zero-order chi connectivity index (χ0) is 17.6. The predicted octanol–water partition coefficient (Wildman–Crippen LogP) is 1.63. The van der Waals surface area contributed by atoms with Crippen LogP contribution in [0.2, 0.25) is 0 Å². The van der Waals surface area contributed by atoms with Crippen LogP contribution in [0.25, 0.3) is 5.65 Å². The maximum absolute atomic E-state index is 12.8. The lowest BCUT2D eigenvalue weighted by atomic mass is 9.76. The average Bonchev–Trinajstić information content (AvgIpc) is 3.19. The van der Waals surface area contributed by atoms with Gasteiger partial charge in [0.05, 0.1) is 23.4 Å². The molecule has 1 aliphatic carbocycles. The molecule has 3 aromatic heterocycles. The molecule has 1 aliphatic rings. The largest absolute Gasteiger partial charge is 0.393 e. The van der Waals surface area contributed by atoms with Gasteiger partial charge in [-0.25, -0.2) is 9.50 Å². The summed E-state index contributed by atoms with van der Waals surface area (Å²) in [6.45, 7) is 1.77. The third-order valence-corrected chi connectivity index (χ3v) is 5.72. The fourth-order valence-corrected chi connectivity index (χ4v) is 4.18. The molecule has 1 atom stereocenters. The van der Waals surface area contributed by atoms with Crippen LogP contribution in [0.5, 0.6) is 0 Å². The first-order valence-electron chi connectivity index (χ1n) is 8.12. The van der Waals surface area contributed by atoms with Crippen molar-refractivity contribution >= 4 is 22.9 Å². The number of rotatable bonds is 4. The topological polar surface area (TPSA) is 99.5 Å². The number of nitrogens with zero attached hydrogens (tertiary/aromatic N) is 2. The Balaban J connectivity index is 1.63. The van der Waals surface area contributed by atoms with Gasteiger partial charge in [0.25, 0.3) is 11.5 Å². The van der Waals surface area contributed by atoms with Gasteiger partial charge in [-0.3, -0.25) is 14.7 Å². The van der Waals surface area contributed by atoms with Gasteiger partial charge in [-0.15, -0.1) is 11.3 Å². The zero-order valence-electron chi connectivity index (χ0n) is 13.6. The number of aromatic amines is 1. The highest BCUT2D eigenvalue weighted by Crippen LogP contribution is 2.39. The Kier molecular flexibility index (Phi) is 3.93. The minimum Gasteiger partial charge on any atom is -0.393 e. The molecule has 4 rings (SSSR count). The molecule has 0 radical (unpaired) electrons. The van der Waals surface area contributed by atoms with Crippen molar-refractivity contribution in [2.45, 2.75) is 31.9 Å². The Morgan fingerprint density at radius 3 is 3.00 bits per heavy atom. The fourth-order valence-electron chi connectivity index (χ4n) is 3.31. The number of aromatic nitrogens is 3. The van der Waals surface area contributed by atoms with Gasteiger partial charge in [0.1, 0.15) is 0 Å². The number of nitrogens with one attached hydrogen (secondary N) is 2. The molecule has 7 nitrogen and oxygen atoms in total. The van der Waals surface area contributed by atoms with Gasteiger partial charge in [-0.2, -0.15) is 0 Å². The average molecular weight is 358 g/mol. The molecule has 0 unspecified atom stereocenters. The third-order valence-electron chi connectivity index (χ3n) is 4.76. The van der Waals surface area contributed by atoms with Gasteiger partial charge in [0.2, 0.25) is 0 Å². The van der Waals surface area contributed by atoms with Gasteiger partial charge >= 0.3 is 0 Å². The maximum Gasteiger partial charge on any atom is 0.266 e. The molecule has 1 saturated carbocycles. The van der Waals surface area contributed by atoms with Crippen LogP contribution < -0.4 is 10.9 Å². The van der Waals surface area contributed by atoms with Crippen molar-refractivity contribution in [3.63, 3.8) is 0 Å². The second-order valence-electron chi connectivity index (χ2n) is 6.42. The van der Waals surface area contributed by atoms with Crippen LogP contribution in [0.15, 0.2) is 34.6 Å². The van der Waals surface area contributed by atoms with Crippen LogP contribution in [0.1, 0.15) is 39.8 Å². The standard InChI is InChI=1S/C17H18N4O3S/c1-9-12(8-18-14-7-15(23)20-21(9)14)17(24)19-16(10-5-11(22)6-10)13-3-2-4-25-13/h2-4,7-8,10-11,16,22H,5-6H2,1H3,(H,19,24)(H,20,23)/t10?,11?,16-/m1/s1. The summed E-state index contributed by atoms with van der Waals surface area (Å²) in [6.07, 6.45) is 2.58. The van der Waals surface area contributed by atoms with Crippen molar-refractivity contribution in [3.8, 4) is 0 Å². The number of fused-ring (bicyclic) bond motifs is 1. The number of thiophene rings is 1. The van der Waals surface area contributed by atoms with E-state index in [4.69, 9.17) is 0 Å². The smallest absolute Gasteiger partial charge is 0.266 e. The Labute approximate surface area is 147 Å². The summed E-state index contributed by atoms with van der Waals surface area (Å²) >= 11 is 1.59. The number of hydrogen-bond donors (Lipinski definition) is 3. The van der Waals surface area contributed by atoms with Crippen LogP contribution >= 0.6 is 11.3 Å². The van der Waals surface area contributed by atoms with Crippen molar-refractivity contribution in [2.75, 3.05) is 0 Å². The second kappa shape index (κ2) is 6.12. The molecule has 0 saturated heterocycles. The highest BCUT2D eigenvalue weighted by atomic mass is 32.1. The summed E-state index contributed by atoms with van der Waals surface area (Å²) in [7, 11) is 0. The third kappa shape index (κ3) is 2.87. The molecule has 3 N–H and O–H groups in total. The summed E-state index contributed by atoms with van der Waals surface area (Å²) in [5.74, 6) is -0.0118. The van der Waals surface area contributed by atoms with Gasteiger partial charge in [-0.05, 0) is 37.1 Å². The molecule has 3 heterocycles. The van der Waals surface area contributed by atoms with Gasteiger partial charge in [0, 0.05) is 17.1 Å². The van der Waals surface area contributed by atoms with Crippen LogP contribution in [0, 0.1) is 12.8 Å². The van der Waals surface area contributed by atoms with Crippen LogP contribution in [-0.2, 0) is 0 Å². The quantitative estimate of drug-likeness (QED) is 0.660. The van der Waals surface area contributed by atoms with E-state index >= 15 is 0 Å². The minimum absolute atomic E-state index is 0.130. The van der Waals surface area contributed by atoms with Crippen LogP contribution in [0.3, 0.4) is 0 Å². The van der Waals surface area contributed by atoms with Crippen LogP contribution in [0.4, 0.5) is 0 Å². The molecule has 0 aliphatic heterocycles. The summed E-state index contributed by atoms with van der Waals surface area (Å²) in [5, 5.41) is 17.3. The van der Waals surface area contributed by atoms with E-state index < -0.39 is 0 Å². The molecule has 25 heavy (non-hydrogen) atoms. The predicted molar refractivity (Wildman–Crippen MR) is 93.8 cm³/mol. The summed E-state index contributed by atoms with van der Waals surface area (Å²) < 4.78 is 1.52. The number of carbonyl (C=O) groups is 1. The number of hydrogen-bond acceptors (Lipinski definition) is 5. The zero-order valence-corrected chi connectivity index (χ0v) is 14.4. The van der Waals surface area contributed by atoms with E-state index in [9.17, 15) is 14.7 Å². The lowest BCUT2D eigenvalue weighted by molar-refractivity contribution is 0.0241. The number of aliphatic hydroxyl groups is 1. The molecule has 3 aromatic rings. The van der Waals surface area contributed by atoms with Crippen LogP contribution in [-0.4, -0.2) is 31.7 Å². The summed E-state index contributed by atoms with van der Waals surface area (Å²) in [5.41, 5.74) is 1.27. The molecule has 0 bridgehead atoms. The SMILES string of the molecule is Cc1c(C(=O)N[C@@H](c2cccs2)C2CC(O)C2)cnc2cc(=O)[nH]n12. The molecule has 1 fully saturated rings. The molecule has 130 valence electrons. The molecule has 0 spiro atoms. The molecular formula is C17H18N4O3S. The van der Waals surface area contributed by atoms with Crippen molar-refractivity contribution in [1.82, 2.24) is 19.9 Å². The second-order valence-corrected chi connectivity index (χ2v) is 7.40. The first-order valence-corrected chi connectivity index (χ1v) is 9.00. The van der Waals surface area contributed by atoms with E-state index in [1.54, 1.807) is 18.3 Å². The first-order chi connectivity index (χ1) is 12.0. The monoisotopic (exact) mass is 358 g/mol. The van der Waals surface area contributed by atoms with Gasteiger partial charge in [-0.1, -0.05) is 6.07 Å². The van der Waals surface area contributed by atoms with E-state index in [1.165, 1.54) is 16.8 Å². The van der Waals surface area contributed by atoms with E-state index in [2.05, 4.69) is 15.4 Å². The number of aliphatic hydroxyl groups excluding tert-OH is 1. The summed E-state index contributed by atoms with van der Waals surface area (Å²) in [4.78, 5) is 29.6. The highest BCUT2D eigenvalue weighted by molar-refractivity contribution is 7.10. The van der Waals surface area contributed by atoms with E-state index in [0.717, 1.165) is 4.88 Å². The van der Waals surface area contributed by atoms with Crippen molar-refractivity contribution < 1.29 is 9.90 Å². The lowest BCUT2D eigenvalue weighted by Crippen LogP contribution is -2.41. The lowest BCUT2D eigenvalue weighted by Gasteiger charge is -2.37. The molecular weight excluding hydrogens is 340 g/mol. The van der Waals surface area contributed by atoms with Crippen molar-refractivity contribution in [1.29, 1.82) is 0 Å². The first kappa shape index (κ1) is 16.0. The number of amides is 1. The maximum atomic E-state index is 12.8. The van der Waals surface area contributed by atoms with E-state index in [1.807, 2.05) is 17.5 Å². The molecule has 8 heteroatoms.